The highest BCUT2D eigenvalue weighted by atomic mass is 35.5. The van der Waals surface area contributed by atoms with Crippen LogP contribution in [0.1, 0.15) is 11.1 Å². The molecule has 2 nitrogen and oxygen atoms in total. The number of halogens is 1. The van der Waals surface area contributed by atoms with E-state index in [1.807, 2.05) is 12.1 Å². The van der Waals surface area contributed by atoms with Gasteiger partial charge in [0.05, 0.1) is 13.2 Å². The van der Waals surface area contributed by atoms with E-state index < -0.39 is 0 Å². The second kappa shape index (κ2) is 6.55. The van der Waals surface area contributed by atoms with Gasteiger partial charge in [-0.3, -0.25) is 4.90 Å². The Hall–Kier alpha value is -1.01. The summed E-state index contributed by atoms with van der Waals surface area (Å²) in [6, 6.07) is 8.20. The van der Waals surface area contributed by atoms with Crippen LogP contribution in [0.4, 0.5) is 0 Å². The minimum absolute atomic E-state index is 0. The number of rotatable bonds is 2. The van der Waals surface area contributed by atoms with Gasteiger partial charge >= 0.3 is 0 Å². The summed E-state index contributed by atoms with van der Waals surface area (Å²) < 4.78 is 5.31. The fourth-order valence-corrected chi connectivity index (χ4v) is 1.72. The van der Waals surface area contributed by atoms with E-state index in [0.717, 1.165) is 38.4 Å². The number of morpholine rings is 1. The average molecular weight is 238 g/mol. The van der Waals surface area contributed by atoms with Crippen LogP contribution in [0.25, 0.3) is 0 Å². The topological polar surface area (TPSA) is 12.5 Å². The first kappa shape index (κ1) is 13.1. The molecule has 0 radical (unpaired) electrons. The van der Waals surface area contributed by atoms with Crippen molar-refractivity contribution in [2.45, 2.75) is 6.54 Å². The lowest BCUT2D eigenvalue weighted by atomic mass is 10.1. The van der Waals surface area contributed by atoms with Gasteiger partial charge in [0.2, 0.25) is 0 Å². The molecule has 0 N–H and O–H groups in total. The summed E-state index contributed by atoms with van der Waals surface area (Å²) in [5.74, 6) is 2.62. The fraction of sp³-hybridized carbons (Fsp3) is 0.385. The largest absolute Gasteiger partial charge is 0.379 e. The van der Waals surface area contributed by atoms with E-state index in [4.69, 9.17) is 11.2 Å². The Kier molecular flexibility index (Phi) is 5.34. The molecule has 0 bridgehead atoms. The van der Waals surface area contributed by atoms with E-state index in [0.29, 0.717) is 0 Å². The fourth-order valence-electron chi connectivity index (χ4n) is 1.72. The van der Waals surface area contributed by atoms with Crippen LogP contribution < -0.4 is 0 Å². The summed E-state index contributed by atoms with van der Waals surface area (Å²) in [6.07, 6.45) is 5.31. The SMILES string of the molecule is C#Cc1ccc(CN2CCOCC2)cc1.Cl. The van der Waals surface area contributed by atoms with E-state index in [9.17, 15) is 0 Å². The Morgan fingerprint density at radius 1 is 1.19 bits per heavy atom. The second-order valence-electron chi connectivity index (χ2n) is 3.73. The first-order valence-corrected chi connectivity index (χ1v) is 5.24. The van der Waals surface area contributed by atoms with E-state index in [1.54, 1.807) is 0 Å². The molecule has 0 atom stereocenters. The van der Waals surface area contributed by atoms with Crippen molar-refractivity contribution >= 4 is 12.4 Å². The van der Waals surface area contributed by atoms with E-state index in [2.05, 4.69) is 23.0 Å². The van der Waals surface area contributed by atoms with Crippen molar-refractivity contribution in [2.24, 2.45) is 0 Å². The van der Waals surface area contributed by atoms with E-state index >= 15 is 0 Å². The summed E-state index contributed by atoms with van der Waals surface area (Å²) in [5, 5.41) is 0. The van der Waals surface area contributed by atoms with Gasteiger partial charge in [0.1, 0.15) is 0 Å². The highest BCUT2D eigenvalue weighted by Crippen LogP contribution is 2.08. The lowest BCUT2D eigenvalue weighted by molar-refractivity contribution is 0.0342. The molecule has 0 saturated carbocycles. The second-order valence-corrected chi connectivity index (χ2v) is 3.73. The van der Waals surface area contributed by atoms with Crippen LogP contribution in [0.15, 0.2) is 24.3 Å². The van der Waals surface area contributed by atoms with Crippen LogP contribution in [0, 0.1) is 12.3 Å². The molecule has 0 aromatic heterocycles. The Labute approximate surface area is 103 Å². The molecule has 2 rings (SSSR count). The highest BCUT2D eigenvalue weighted by molar-refractivity contribution is 5.85. The van der Waals surface area contributed by atoms with Gasteiger partial charge < -0.3 is 4.74 Å². The van der Waals surface area contributed by atoms with E-state index in [-0.39, 0.29) is 12.4 Å². The average Bonchev–Trinajstić information content (AvgIpc) is 2.31. The summed E-state index contributed by atoms with van der Waals surface area (Å²) in [5.41, 5.74) is 2.26. The highest BCUT2D eigenvalue weighted by Gasteiger charge is 2.09. The van der Waals surface area contributed by atoms with Crippen molar-refractivity contribution in [2.75, 3.05) is 26.3 Å². The van der Waals surface area contributed by atoms with Crippen molar-refractivity contribution in [1.82, 2.24) is 4.90 Å². The third kappa shape index (κ3) is 3.53. The minimum atomic E-state index is 0. The molecule has 1 fully saturated rings. The van der Waals surface area contributed by atoms with Crippen LogP contribution in [-0.2, 0) is 11.3 Å². The third-order valence-corrected chi connectivity index (χ3v) is 2.63. The normalized spacial score (nSPS) is 16.2. The lowest BCUT2D eigenvalue weighted by Crippen LogP contribution is -2.35. The molecule has 16 heavy (non-hydrogen) atoms. The molecule has 86 valence electrons. The van der Waals surface area contributed by atoms with Gasteiger partial charge in [-0.2, -0.15) is 0 Å². The number of terminal acetylenes is 1. The first-order chi connectivity index (χ1) is 7.38. The first-order valence-electron chi connectivity index (χ1n) is 5.24. The molecule has 1 aliphatic heterocycles. The van der Waals surface area contributed by atoms with Crippen molar-refractivity contribution < 1.29 is 4.74 Å². The van der Waals surface area contributed by atoms with Crippen molar-refractivity contribution in [3.8, 4) is 12.3 Å². The number of nitrogens with zero attached hydrogens (tertiary/aromatic N) is 1. The van der Waals surface area contributed by atoms with E-state index in [1.165, 1.54) is 5.56 Å². The summed E-state index contributed by atoms with van der Waals surface area (Å²) in [4.78, 5) is 2.40. The summed E-state index contributed by atoms with van der Waals surface area (Å²) in [7, 11) is 0. The molecule has 0 unspecified atom stereocenters. The zero-order valence-corrected chi connectivity index (χ0v) is 10.0. The maximum Gasteiger partial charge on any atom is 0.0594 e. The quantitative estimate of drug-likeness (QED) is 0.729. The van der Waals surface area contributed by atoms with Gasteiger partial charge in [-0.05, 0) is 17.7 Å². The zero-order chi connectivity index (χ0) is 10.5. The lowest BCUT2D eigenvalue weighted by Gasteiger charge is -2.26. The van der Waals surface area contributed by atoms with Crippen molar-refractivity contribution in [3.05, 3.63) is 35.4 Å². The molecule has 1 saturated heterocycles. The maximum absolute atomic E-state index is 5.31. The predicted molar refractivity (Wildman–Crippen MR) is 67.7 cm³/mol. The molecule has 1 aromatic carbocycles. The Balaban J connectivity index is 0.00000128. The molecule has 0 spiro atoms. The van der Waals surface area contributed by atoms with Crippen LogP contribution >= 0.6 is 12.4 Å². The molecule has 1 heterocycles. The molecular weight excluding hydrogens is 222 g/mol. The van der Waals surface area contributed by atoms with Gasteiger partial charge in [-0.15, -0.1) is 18.8 Å². The summed E-state index contributed by atoms with van der Waals surface area (Å²) in [6.45, 7) is 4.74. The third-order valence-electron chi connectivity index (χ3n) is 2.63. The monoisotopic (exact) mass is 237 g/mol. The number of benzene rings is 1. The molecule has 1 aliphatic rings. The maximum atomic E-state index is 5.31. The van der Waals surface area contributed by atoms with Crippen LogP contribution in [0.2, 0.25) is 0 Å². The number of ether oxygens (including phenoxy) is 1. The predicted octanol–water partition coefficient (Wildman–Crippen LogP) is 1.92. The van der Waals surface area contributed by atoms with Gasteiger partial charge in [0.15, 0.2) is 0 Å². The van der Waals surface area contributed by atoms with Crippen LogP contribution in [-0.4, -0.2) is 31.2 Å². The molecule has 0 amide bonds. The molecule has 0 aliphatic carbocycles. The summed E-state index contributed by atoms with van der Waals surface area (Å²) >= 11 is 0. The number of hydrogen-bond acceptors (Lipinski definition) is 2. The smallest absolute Gasteiger partial charge is 0.0594 e. The van der Waals surface area contributed by atoms with Gasteiger partial charge in [-0.25, -0.2) is 0 Å². The molecule has 3 heteroatoms. The van der Waals surface area contributed by atoms with Crippen LogP contribution in [0.5, 0.6) is 0 Å². The van der Waals surface area contributed by atoms with Gasteiger partial charge in [0.25, 0.3) is 0 Å². The Morgan fingerprint density at radius 2 is 1.81 bits per heavy atom. The number of hydrogen-bond donors (Lipinski definition) is 0. The van der Waals surface area contributed by atoms with Gasteiger partial charge in [-0.1, -0.05) is 18.1 Å². The zero-order valence-electron chi connectivity index (χ0n) is 9.19. The molecular formula is C13H16ClNO. The van der Waals surface area contributed by atoms with Crippen molar-refractivity contribution in [1.29, 1.82) is 0 Å². The van der Waals surface area contributed by atoms with Crippen LogP contribution in [0.3, 0.4) is 0 Å². The Morgan fingerprint density at radius 3 is 2.38 bits per heavy atom. The van der Waals surface area contributed by atoms with Gasteiger partial charge in [0, 0.05) is 25.2 Å². The standard InChI is InChI=1S/C13H15NO.ClH/c1-2-12-3-5-13(6-4-12)11-14-7-9-15-10-8-14;/h1,3-6H,7-11H2;1H. The minimum Gasteiger partial charge on any atom is -0.379 e. The molecule has 1 aromatic rings. The van der Waals surface area contributed by atoms with Crippen molar-refractivity contribution in [3.63, 3.8) is 0 Å². The Bertz CT molecular complexity index is 349.